The van der Waals surface area contributed by atoms with Crippen molar-refractivity contribution in [2.45, 2.75) is 12.8 Å². The van der Waals surface area contributed by atoms with E-state index in [1.54, 1.807) is 14.2 Å². The molecule has 2 N–H and O–H groups in total. The highest BCUT2D eigenvalue weighted by Crippen LogP contribution is 2.61. The molecular weight excluding hydrogens is 556 g/mol. The molecule has 0 unspecified atom stereocenters. The van der Waals surface area contributed by atoms with Crippen molar-refractivity contribution in [1.29, 1.82) is 0 Å². The van der Waals surface area contributed by atoms with Gasteiger partial charge >= 0.3 is 0 Å². The molecule has 0 radical (unpaired) electrons. The Labute approximate surface area is 252 Å². The largest absolute Gasteiger partial charge is 0.492 e. The van der Waals surface area contributed by atoms with E-state index in [-0.39, 0.29) is 13.6 Å². The Kier molecular flexibility index (Phi) is 4.77. The van der Waals surface area contributed by atoms with Crippen molar-refractivity contribution in [2.24, 2.45) is 0 Å². The predicted molar refractivity (Wildman–Crippen MR) is 172 cm³/mol. The normalized spacial score (nSPS) is 15.6. The smallest absolute Gasteiger partial charge is 0.231 e. The molecule has 0 saturated carbocycles. The van der Waals surface area contributed by atoms with Crippen LogP contribution in [0.2, 0.25) is 0 Å². The maximum atomic E-state index is 6.17. The highest BCUT2D eigenvalue weighted by atomic mass is 16.7. The van der Waals surface area contributed by atoms with Crippen LogP contribution in [0.3, 0.4) is 0 Å². The van der Waals surface area contributed by atoms with Gasteiger partial charge in [0.15, 0.2) is 23.0 Å². The molecule has 0 fully saturated rings. The molecule has 10 rings (SSSR count). The molecule has 0 bridgehead atoms. The Morgan fingerprint density at radius 2 is 0.932 bits per heavy atom. The summed E-state index contributed by atoms with van der Waals surface area (Å²) in [6, 6.07) is 17.3. The first-order valence-corrected chi connectivity index (χ1v) is 15.0. The lowest BCUT2D eigenvalue weighted by Gasteiger charge is -2.30. The first kappa shape index (κ1) is 24.2. The zero-order chi connectivity index (χ0) is 29.1. The van der Waals surface area contributed by atoms with Crippen molar-refractivity contribution in [2.75, 3.05) is 51.5 Å². The van der Waals surface area contributed by atoms with Gasteiger partial charge in [-0.05, 0) is 34.4 Å². The second kappa shape index (κ2) is 8.66. The number of methoxy groups -OCH3 is 2. The summed E-state index contributed by atoms with van der Waals surface area (Å²) in [5.74, 6) is 4.41. The van der Waals surface area contributed by atoms with Gasteiger partial charge < -0.3 is 39.1 Å². The zero-order valence-corrected chi connectivity index (χ0v) is 24.3. The summed E-state index contributed by atoms with van der Waals surface area (Å²) in [6.45, 7) is 1.89. The van der Waals surface area contributed by atoms with Crippen molar-refractivity contribution >= 4 is 54.5 Å². The molecule has 4 heterocycles. The molecule has 218 valence electrons. The fraction of sp³-hybridized carbons (Fsp3) is 0.222. The molecule has 0 aromatic heterocycles. The van der Waals surface area contributed by atoms with Crippen molar-refractivity contribution in [3.05, 3.63) is 59.7 Å². The van der Waals surface area contributed by atoms with Crippen LogP contribution in [0.5, 0.6) is 34.5 Å². The van der Waals surface area contributed by atoms with E-state index in [4.69, 9.17) is 28.4 Å². The SMILES string of the molecule is COc1c2c(c3c4c1CCNc4c(-c1c4c5c(c(OC)c6c(c5c5ccccc15)OCO6)CCN4)c1ccccc13)OCO2. The van der Waals surface area contributed by atoms with E-state index < -0.39 is 0 Å². The average Bonchev–Trinajstić information content (AvgIpc) is 3.76. The monoisotopic (exact) mass is 584 g/mol. The van der Waals surface area contributed by atoms with Crippen LogP contribution >= 0.6 is 0 Å². The Bertz CT molecular complexity index is 2120. The zero-order valence-electron chi connectivity index (χ0n) is 24.3. The Balaban J connectivity index is 1.47. The van der Waals surface area contributed by atoms with Gasteiger partial charge in [0.25, 0.3) is 0 Å². The second-order valence-electron chi connectivity index (χ2n) is 11.6. The molecule has 4 aliphatic heterocycles. The van der Waals surface area contributed by atoms with E-state index in [9.17, 15) is 0 Å². The van der Waals surface area contributed by atoms with Crippen molar-refractivity contribution in [3.63, 3.8) is 0 Å². The molecule has 8 nitrogen and oxygen atoms in total. The summed E-state index contributed by atoms with van der Waals surface area (Å²) in [4.78, 5) is 0. The van der Waals surface area contributed by atoms with Crippen molar-refractivity contribution in [3.8, 4) is 45.6 Å². The summed E-state index contributed by atoms with van der Waals surface area (Å²) in [6.07, 6.45) is 1.63. The molecular formula is C36H28N2O6. The molecule has 0 amide bonds. The number of hydrogen-bond acceptors (Lipinski definition) is 8. The third-order valence-corrected chi connectivity index (χ3v) is 9.69. The highest BCUT2D eigenvalue weighted by molar-refractivity contribution is 6.32. The lowest BCUT2D eigenvalue weighted by Crippen LogP contribution is -2.16. The van der Waals surface area contributed by atoms with E-state index in [0.29, 0.717) is 11.5 Å². The third kappa shape index (κ3) is 2.84. The summed E-state index contributed by atoms with van der Waals surface area (Å²) in [5, 5.41) is 16.6. The quantitative estimate of drug-likeness (QED) is 0.209. The lowest BCUT2D eigenvalue weighted by atomic mass is 9.81. The molecule has 0 atom stereocenters. The summed E-state index contributed by atoms with van der Waals surface area (Å²) in [5.41, 5.74) is 6.76. The molecule has 0 saturated heterocycles. The van der Waals surface area contributed by atoms with Gasteiger partial charge in [0, 0.05) is 56.9 Å². The number of hydrogen-bond donors (Lipinski definition) is 2. The number of fused-ring (bicyclic) bond motifs is 8. The summed E-state index contributed by atoms with van der Waals surface area (Å²) < 4.78 is 36.4. The van der Waals surface area contributed by atoms with E-state index in [0.717, 1.165) is 126 Å². The Hall–Kier alpha value is -5.24. The minimum atomic E-state index is 0.174. The Morgan fingerprint density at radius 1 is 0.523 bits per heavy atom. The molecule has 6 aromatic carbocycles. The van der Waals surface area contributed by atoms with E-state index >= 15 is 0 Å². The molecule has 4 aliphatic rings. The van der Waals surface area contributed by atoms with E-state index in [1.165, 1.54) is 0 Å². The average molecular weight is 585 g/mol. The van der Waals surface area contributed by atoms with Gasteiger partial charge in [-0.1, -0.05) is 48.5 Å². The van der Waals surface area contributed by atoms with Crippen molar-refractivity contribution in [1.82, 2.24) is 0 Å². The predicted octanol–water partition coefficient (Wildman–Crippen LogP) is 7.38. The summed E-state index contributed by atoms with van der Waals surface area (Å²) >= 11 is 0. The van der Waals surface area contributed by atoms with Crippen LogP contribution in [0, 0.1) is 0 Å². The van der Waals surface area contributed by atoms with Gasteiger partial charge in [-0.2, -0.15) is 0 Å². The van der Waals surface area contributed by atoms with Crippen LogP contribution < -0.4 is 39.1 Å². The van der Waals surface area contributed by atoms with Crippen LogP contribution in [0.15, 0.2) is 48.5 Å². The topological polar surface area (TPSA) is 79.4 Å². The third-order valence-electron chi connectivity index (χ3n) is 9.69. The maximum Gasteiger partial charge on any atom is 0.231 e. The second-order valence-corrected chi connectivity index (χ2v) is 11.6. The van der Waals surface area contributed by atoms with Gasteiger partial charge in [-0.3, -0.25) is 0 Å². The van der Waals surface area contributed by atoms with Gasteiger partial charge in [0.2, 0.25) is 25.1 Å². The maximum absolute atomic E-state index is 6.17. The van der Waals surface area contributed by atoms with E-state index in [2.05, 4.69) is 59.2 Å². The molecule has 0 spiro atoms. The van der Waals surface area contributed by atoms with Crippen molar-refractivity contribution < 1.29 is 28.4 Å². The van der Waals surface area contributed by atoms with E-state index in [1.807, 2.05) is 0 Å². The standard InChI is InChI=1S/C36H28N2O6/c1-39-31-21-11-13-37-29-23(17-7-3-5-9-19(17)27(25(21)29)33-35(31)43-15-41-33)24-18-8-4-6-10-20(18)28-26-22(12-14-38-30(24)26)32(40-2)36-34(28)42-16-44-36/h3-10,37-38H,11-16H2,1-2H3. The van der Waals surface area contributed by atoms with Gasteiger partial charge in [0.05, 0.1) is 25.6 Å². The molecule has 8 heteroatoms. The number of rotatable bonds is 3. The molecule has 0 aliphatic carbocycles. The number of ether oxygens (including phenoxy) is 6. The minimum Gasteiger partial charge on any atom is -0.492 e. The van der Waals surface area contributed by atoms with Gasteiger partial charge in [-0.25, -0.2) is 0 Å². The van der Waals surface area contributed by atoms with Crippen LogP contribution in [0.25, 0.3) is 54.2 Å². The first-order valence-electron chi connectivity index (χ1n) is 15.0. The van der Waals surface area contributed by atoms with Crippen LogP contribution in [-0.4, -0.2) is 40.9 Å². The van der Waals surface area contributed by atoms with Crippen LogP contribution in [0.4, 0.5) is 11.4 Å². The Morgan fingerprint density at radius 3 is 1.36 bits per heavy atom. The molecule has 6 aromatic rings. The number of nitrogens with one attached hydrogen (secondary N) is 2. The van der Waals surface area contributed by atoms with Gasteiger partial charge in [-0.15, -0.1) is 0 Å². The summed E-state index contributed by atoms with van der Waals surface area (Å²) in [7, 11) is 3.43. The minimum absolute atomic E-state index is 0.174. The van der Waals surface area contributed by atoms with Crippen LogP contribution in [-0.2, 0) is 12.8 Å². The highest BCUT2D eigenvalue weighted by Gasteiger charge is 2.36. The lowest BCUT2D eigenvalue weighted by molar-refractivity contribution is 0.171. The fourth-order valence-electron chi connectivity index (χ4n) is 8.13. The number of anilines is 2. The fourth-order valence-corrected chi connectivity index (χ4v) is 8.13. The number of benzene rings is 6. The molecule has 44 heavy (non-hydrogen) atoms. The van der Waals surface area contributed by atoms with Crippen LogP contribution in [0.1, 0.15) is 11.1 Å². The first-order chi connectivity index (χ1) is 21.8. The van der Waals surface area contributed by atoms with Gasteiger partial charge in [0.1, 0.15) is 0 Å².